The highest BCUT2D eigenvalue weighted by atomic mass is 16.4. The number of nitrogens with one attached hydrogen (secondary N) is 2. The van der Waals surface area contributed by atoms with Crippen molar-refractivity contribution in [1.29, 1.82) is 0 Å². The van der Waals surface area contributed by atoms with Crippen molar-refractivity contribution in [2.45, 2.75) is 39.7 Å². The monoisotopic (exact) mass is 303 g/mol. The Bertz CT molecular complexity index is 544. The fourth-order valence-electron chi connectivity index (χ4n) is 2.60. The molecule has 1 aliphatic rings. The van der Waals surface area contributed by atoms with Crippen molar-refractivity contribution in [2.24, 2.45) is 10.4 Å². The Morgan fingerprint density at radius 3 is 2.55 bits per heavy atom. The van der Waals surface area contributed by atoms with E-state index in [1.165, 1.54) is 5.56 Å². The van der Waals surface area contributed by atoms with Crippen molar-refractivity contribution in [1.82, 2.24) is 10.6 Å². The molecule has 1 aromatic carbocycles. The smallest absolute Gasteiger partial charge is 0.404 e. The minimum atomic E-state index is -0.958. The second-order valence-corrected chi connectivity index (χ2v) is 6.76. The third kappa shape index (κ3) is 4.48. The molecule has 3 N–H and O–H groups in total. The van der Waals surface area contributed by atoms with Crippen LogP contribution in [-0.2, 0) is 6.42 Å². The molecule has 1 heterocycles. The first kappa shape index (κ1) is 16.3. The van der Waals surface area contributed by atoms with E-state index in [0.717, 1.165) is 37.3 Å². The third-order valence-electron chi connectivity index (χ3n) is 3.97. The minimum absolute atomic E-state index is 0.0643. The summed E-state index contributed by atoms with van der Waals surface area (Å²) < 4.78 is 0. The zero-order valence-corrected chi connectivity index (χ0v) is 13.5. The van der Waals surface area contributed by atoms with Crippen LogP contribution in [0.2, 0.25) is 0 Å². The number of nitrogens with zero attached hydrogens (tertiary/aromatic N) is 1. The number of rotatable bonds is 5. The van der Waals surface area contributed by atoms with Crippen LogP contribution < -0.4 is 10.6 Å². The molecule has 0 aliphatic carbocycles. The van der Waals surface area contributed by atoms with Gasteiger partial charge in [-0.1, -0.05) is 45.0 Å². The molecule has 5 heteroatoms. The molecule has 1 aromatic rings. The predicted molar refractivity (Wildman–Crippen MR) is 88.6 cm³/mol. The number of benzene rings is 1. The summed E-state index contributed by atoms with van der Waals surface area (Å²) >= 11 is 0. The van der Waals surface area contributed by atoms with Crippen LogP contribution in [0.1, 0.15) is 38.3 Å². The van der Waals surface area contributed by atoms with Gasteiger partial charge in [0.05, 0.1) is 6.54 Å². The lowest BCUT2D eigenvalue weighted by atomic mass is 9.83. The topological polar surface area (TPSA) is 73.7 Å². The Morgan fingerprint density at radius 2 is 2.05 bits per heavy atom. The SMILES string of the molecule is CC(C)(C)C(CCc1ccc(C2=NCCN2)cc1)NC(=O)O. The van der Waals surface area contributed by atoms with Gasteiger partial charge in [0, 0.05) is 18.2 Å². The number of carbonyl (C=O) groups is 1. The molecule has 0 aromatic heterocycles. The fourth-order valence-corrected chi connectivity index (χ4v) is 2.60. The lowest BCUT2D eigenvalue weighted by molar-refractivity contribution is 0.172. The van der Waals surface area contributed by atoms with Crippen molar-refractivity contribution < 1.29 is 9.90 Å². The second kappa shape index (κ2) is 6.81. The van der Waals surface area contributed by atoms with E-state index in [2.05, 4.69) is 60.7 Å². The molecule has 0 fully saturated rings. The zero-order chi connectivity index (χ0) is 16.2. The largest absolute Gasteiger partial charge is 0.465 e. The maximum atomic E-state index is 10.9. The molecule has 0 saturated carbocycles. The zero-order valence-electron chi connectivity index (χ0n) is 13.5. The van der Waals surface area contributed by atoms with E-state index in [-0.39, 0.29) is 11.5 Å². The van der Waals surface area contributed by atoms with Gasteiger partial charge in [-0.15, -0.1) is 0 Å². The average molecular weight is 303 g/mol. The summed E-state index contributed by atoms with van der Waals surface area (Å²) in [5, 5.41) is 14.9. The second-order valence-electron chi connectivity index (χ2n) is 6.76. The Morgan fingerprint density at radius 1 is 1.36 bits per heavy atom. The van der Waals surface area contributed by atoms with E-state index < -0.39 is 6.09 Å². The van der Waals surface area contributed by atoms with E-state index in [9.17, 15) is 4.79 Å². The number of carboxylic acid groups (broad SMARTS) is 1. The van der Waals surface area contributed by atoms with Crippen LogP contribution in [-0.4, -0.2) is 36.2 Å². The quantitative estimate of drug-likeness (QED) is 0.783. The Balaban J connectivity index is 1.96. The number of hydrogen-bond acceptors (Lipinski definition) is 3. The van der Waals surface area contributed by atoms with Gasteiger partial charge in [0.2, 0.25) is 0 Å². The van der Waals surface area contributed by atoms with Crippen LogP contribution in [0.15, 0.2) is 29.3 Å². The number of aliphatic imine (C=N–C) groups is 1. The van der Waals surface area contributed by atoms with Gasteiger partial charge in [0.1, 0.15) is 5.84 Å². The van der Waals surface area contributed by atoms with Gasteiger partial charge in [0.15, 0.2) is 0 Å². The standard InChI is InChI=1S/C17H25N3O2/c1-17(2,3)14(20-16(21)22)9-6-12-4-7-13(8-5-12)15-18-10-11-19-15/h4-5,7-8,14,20H,6,9-11H2,1-3H3,(H,18,19)(H,21,22). The molecule has 0 spiro atoms. The summed E-state index contributed by atoms with van der Waals surface area (Å²) in [6.45, 7) is 7.91. The molecule has 2 rings (SSSR count). The molecule has 1 atom stereocenters. The first-order valence-corrected chi connectivity index (χ1v) is 7.73. The van der Waals surface area contributed by atoms with E-state index in [0.29, 0.717) is 0 Å². The average Bonchev–Trinajstić information content (AvgIpc) is 2.96. The number of amidine groups is 1. The summed E-state index contributed by atoms with van der Waals surface area (Å²) in [7, 11) is 0. The lowest BCUT2D eigenvalue weighted by Crippen LogP contribution is -2.43. The highest BCUT2D eigenvalue weighted by molar-refractivity contribution is 5.99. The normalized spacial score (nSPS) is 15.9. The van der Waals surface area contributed by atoms with E-state index in [1.54, 1.807) is 0 Å². The van der Waals surface area contributed by atoms with Gasteiger partial charge in [-0.25, -0.2) is 4.79 Å². The molecule has 1 unspecified atom stereocenters. The Kier molecular flexibility index (Phi) is 5.06. The molecule has 0 radical (unpaired) electrons. The number of amides is 1. The highest BCUT2D eigenvalue weighted by Gasteiger charge is 2.25. The Labute approximate surface area is 131 Å². The van der Waals surface area contributed by atoms with Crippen LogP contribution in [0, 0.1) is 5.41 Å². The van der Waals surface area contributed by atoms with Gasteiger partial charge < -0.3 is 15.7 Å². The van der Waals surface area contributed by atoms with Crippen molar-refractivity contribution in [3.05, 3.63) is 35.4 Å². The van der Waals surface area contributed by atoms with Crippen LogP contribution in [0.5, 0.6) is 0 Å². The van der Waals surface area contributed by atoms with Crippen LogP contribution in [0.25, 0.3) is 0 Å². The third-order valence-corrected chi connectivity index (χ3v) is 3.97. The van der Waals surface area contributed by atoms with Crippen molar-refractivity contribution in [2.75, 3.05) is 13.1 Å². The molecule has 0 bridgehead atoms. The summed E-state index contributed by atoms with van der Waals surface area (Å²) in [6, 6.07) is 8.27. The molecular weight excluding hydrogens is 278 g/mol. The molecular formula is C17H25N3O2. The summed E-state index contributed by atoms with van der Waals surface area (Å²) in [5.74, 6) is 0.965. The Hall–Kier alpha value is -2.04. The molecule has 0 saturated heterocycles. The van der Waals surface area contributed by atoms with Crippen LogP contribution in [0.3, 0.4) is 0 Å². The summed E-state index contributed by atoms with van der Waals surface area (Å²) in [6.07, 6.45) is 0.678. The van der Waals surface area contributed by atoms with E-state index in [1.807, 2.05) is 0 Å². The number of aryl methyl sites for hydroxylation is 1. The first-order chi connectivity index (χ1) is 10.4. The van der Waals surface area contributed by atoms with Gasteiger partial charge in [0.25, 0.3) is 0 Å². The molecule has 5 nitrogen and oxygen atoms in total. The maximum absolute atomic E-state index is 10.9. The lowest BCUT2D eigenvalue weighted by Gasteiger charge is -2.30. The molecule has 22 heavy (non-hydrogen) atoms. The van der Waals surface area contributed by atoms with Gasteiger partial charge in [-0.05, 0) is 23.8 Å². The maximum Gasteiger partial charge on any atom is 0.404 e. The van der Waals surface area contributed by atoms with Crippen molar-refractivity contribution >= 4 is 11.9 Å². The van der Waals surface area contributed by atoms with Crippen LogP contribution in [0.4, 0.5) is 4.79 Å². The van der Waals surface area contributed by atoms with Crippen molar-refractivity contribution in [3.63, 3.8) is 0 Å². The predicted octanol–water partition coefficient (Wildman–Crippen LogP) is 2.65. The fraction of sp³-hybridized carbons (Fsp3) is 0.529. The number of hydrogen-bond donors (Lipinski definition) is 3. The summed E-state index contributed by atoms with van der Waals surface area (Å²) in [4.78, 5) is 15.3. The molecule has 120 valence electrons. The van der Waals surface area contributed by atoms with Gasteiger partial charge in [-0.3, -0.25) is 4.99 Å². The highest BCUT2D eigenvalue weighted by Crippen LogP contribution is 2.23. The van der Waals surface area contributed by atoms with Gasteiger partial charge in [-0.2, -0.15) is 0 Å². The summed E-state index contributed by atoms with van der Waals surface area (Å²) in [5.41, 5.74) is 2.22. The van der Waals surface area contributed by atoms with E-state index in [4.69, 9.17) is 5.11 Å². The van der Waals surface area contributed by atoms with Gasteiger partial charge >= 0.3 is 6.09 Å². The van der Waals surface area contributed by atoms with Crippen LogP contribution >= 0.6 is 0 Å². The molecule has 1 amide bonds. The van der Waals surface area contributed by atoms with Crippen molar-refractivity contribution in [3.8, 4) is 0 Å². The first-order valence-electron chi connectivity index (χ1n) is 7.73. The molecule has 1 aliphatic heterocycles. The van der Waals surface area contributed by atoms with E-state index >= 15 is 0 Å². The minimum Gasteiger partial charge on any atom is -0.465 e.